The van der Waals surface area contributed by atoms with Crippen LogP contribution in [0.2, 0.25) is 0 Å². The quantitative estimate of drug-likeness (QED) is 0.502. The van der Waals surface area contributed by atoms with Crippen molar-refractivity contribution < 1.29 is 55.6 Å². The van der Waals surface area contributed by atoms with E-state index in [1.165, 1.54) is 17.5 Å². The zero-order valence-electron chi connectivity index (χ0n) is 20.6. The number of likely N-dealkylation sites (tertiary alicyclic amines) is 1. The lowest BCUT2D eigenvalue weighted by molar-refractivity contribution is -0.193. The van der Waals surface area contributed by atoms with Gasteiger partial charge in [-0.05, 0) is 42.6 Å². The highest BCUT2D eigenvalue weighted by molar-refractivity contribution is 5.73. The van der Waals surface area contributed by atoms with E-state index >= 15 is 0 Å². The Morgan fingerprint density at radius 1 is 0.974 bits per heavy atom. The summed E-state index contributed by atoms with van der Waals surface area (Å²) in [6.07, 6.45) is -2.99. The maximum Gasteiger partial charge on any atom is 0.490 e. The molecule has 2 aromatic rings. The number of aliphatic carboxylic acids is 2. The molecule has 2 aliphatic heterocycles. The first-order valence-electron chi connectivity index (χ1n) is 11.7. The Labute approximate surface area is 220 Å². The Morgan fingerprint density at radius 3 is 2.08 bits per heavy atom. The monoisotopic (exact) mass is 566 g/mol. The Balaban J connectivity index is 0.000000317. The molecular formula is C25H28F6N2O6. The standard InChI is InChI=1S/C21H26N2O2.2C2HF3O2/c1-2-5-18(6-3-1)14-23-12-4-9-21(17-23)13-20(16-25-21)24-15-19-7-10-22-11-8-19;2*3-2(4,5)1(6)7/h1-3,5-8,10-11,20H,4,9,12-17H2;2*(H,6,7)/t20-,21+;;/m1../s1. The minimum Gasteiger partial charge on any atom is -0.475 e. The van der Waals surface area contributed by atoms with Crippen molar-refractivity contribution in [2.24, 2.45) is 0 Å². The highest BCUT2D eigenvalue weighted by Gasteiger charge is 2.44. The fourth-order valence-corrected chi connectivity index (χ4v) is 4.05. The number of ether oxygens (including phenoxy) is 2. The van der Waals surface area contributed by atoms with Gasteiger partial charge >= 0.3 is 24.3 Å². The third kappa shape index (κ3) is 11.6. The van der Waals surface area contributed by atoms with Crippen molar-refractivity contribution in [2.45, 2.75) is 56.5 Å². The fraction of sp³-hybridized carbons (Fsp3) is 0.480. The van der Waals surface area contributed by atoms with Crippen molar-refractivity contribution in [1.82, 2.24) is 9.88 Å². The number of aromatic nitrogens is 1. The minimum atomic E-state index is -5.08. The maximum atomic E-state index is 10.6. The largest absolute Gasteiger partial charge is 0.490 e. The van der Waals surface area contributed by atoms with Gasteiger partial charge in [0.25, 0.3) is 0 Å². The lowest BCUT2D eigenvalue weighted by Gasteiger charge is -2.39. The van der Waals surface area contributed by atoms with Crippen LogP contribution < -0.4 is 0 Å². The predicted octanol–water partition coefficient (Wildman–Crippen LogP) is 4.69. The van der Waals surface area contributed by atoms with Gasteiger partial charge in [-0.2, -0.15) is 26.3 Å². The third-order valence-corrected chi connectivity index (χ3v) is 5.76. The summed E-state index contributed by atoms with van der Waals surface area (Å²) in [5, 5.41) is 14.2. The van der Waals surface area contributed by atoms with Gasteiger partial charge in [0.2, 0.25) is 0 Å². The molecule has 0 radical (unpaired) electrons. The number of halogens is 6. The van der Waals surface area contributed by atoms with E-state index < -0.39 is 24.3 Å². The number of alkyl halides is 6. The number of pyridine rings is 1. The van der Waals surface area contributed by atoms with Crippen molar-refractivity contribution in [1.29, 1.82) is 0 Å². The summed E-state index contributed by atoms with van der Waals surface area (Å²) in [5.41, 5.74) is 2.53. The molecule has 2 aliphatic rings. The molecule has 0 unspecified atom stereocenters. The molecule has 0 amide bonds. The first-order valence-corrected chi connectivity index (χ1v) is 11.7. The molecule has 1 spiro atoms. The number of piperidine rings is 1. The molecule has 0 bridgehead atoms. The average Bonchev–Trinajstić information content (AvgIpc) is 3.25. The van der Waals surface area contributed by atoms with Crippen molar-refractivity contribution in [3.63, 3.8) is 0 Å². The maximum absolute atomic E-state index is 10.6. The van der Waals surface area contributed by atoms with Crippen molar-refractivity contribution in [3.8, 4) is 0 Å². The molecule has 8 nitrogen and oxygen atoms in total. The molecule has 0 saturated carbocycles. The fourth-order valence-electron chi connectivity index (χ4n) is 4.05. The summed E-state index contributed by atoms with van der Waals surface area (Å²) in [5.74, 6) is -5.51. The number of benzene rings is 1. The SMILES string of the molecule is O=C(O)C(F)(F)F.O=C(O)C(F)(F)F.c1ccc(CN2CCC[C@]3(C[C@@H](OCc4ccncc4)CO3)C2)cc1. The molecule has 39 heavy (non-hydrogen) atoms. The van der Waals surface area contributed by atoms with Crippen LogP contribution in [0.1, 0.15) is 30.4 Å². The van der Waals surface area contributed by atoms with Crippen LogP contribution in [0.4, 0.5) is 26.3 Å². The van der Waals surface area contributed by atoms with Gasteiger partial charge in [0.05, 0.1) is 24.9 Å². The summed E-state index contributed by atoms with van der Waals surface area (Å²) >= 11 is 0. The van der Waals surface area contributed by atoms with Gasteiger partial charge in [-0.3, -0.25) is 9.88 Å². The third-order valence-electron chi connectivity index (χ3n) is 5.76. The average molecular weight is 566 g/mol. The zero-order valence-corrected chi connectivity index (χ0v) is 20.6. The van der Waals surface area contributed by atoms with Crippen LogP contribution in [0.5, 0.6) is 0 Å². The molecule has 2 N–H and O–H groups in total. The lowest BCUT2D eigenvalue weighted by Crippen LogP contribution is -2.47. The second-order valence-corrected chi connectivity index (χ2v) is 8.89. The number of hydrogen-bond acceptors (Lipinski definition) is 6. The second-order valence-electron chi connectivity index (χ2n) is 8.89. The Morgan fingerprint density at radius 2 is 1.54 bits per heavy atom. The number of carbonyl (C=O) groups is 2. The van der Waals surface area contributed by atoms with Crippen LogP contribution >= 0.6 is 0 Å². The Bertz CT molecular complexity index is 1010. The molecule has 2 atom stereocenters. The Hall–Kier alpha value is -3.23. The van der Waals surface area contributed by atoms with Gasteiger partial charge in [-0.1, -0.05) is 30.3 Å². The van der Waals surface area contributed by atoms with E-state index in [0.717, 1.165) is 32.5 Å². The molecule has 2 fully saturated rings. The van der Waals surface area contributed by atoms with Crippen LogP contribution in [-0.2, 0) is 32.2 Å². The first-order chi connectivity index (χ1) is 18.2. The number of carboxylic acids is 2. The topological polar surface area (TPSA) is 109 Å². The molecule has 2 saturated heterocycles. The summed E-state index contributed by atoms with van der Waals surface area (Å²) < 4.78 is 75.8. The molecule has 1 aromatic heterocycles. The lowest BCUT2D eigenvalue weighted by atomic mass is 9.89. The van der Waals surface area contributed by atoms with Crippen LogP contribution in [0.15, 0.2) is 54.9 Å². The van der Waals surface area contributed by atoms with Gasteiger partial charge in [-0.15, -0.1) is 0 Å². The highest BCUT2D eigenvalue weighted by atomic mass is 19.4. The molecule has 3 heterocycles. The first kappa shape index (κ1) is 32.0. The van der Waals surface area contributed by atoms with Crippen LogP contribution in [0.25, 0.3) is 0 Å². The summed E-state index contributed by atoms with van der Waals surface area (Å²) in [7, 11) is 0. The van der Waals surface area contributed by atoms with E-state index in [1.807, 2.05) is 24.5 Å². The Kier molecular flexibility index (Phi) is 11.7. The van der Waals surface area contributed by atoms with E-state index in [1.54, 1.807) is 0 Å². The van der Waals surface area contributed by atoms with Crippen molar-refractivity contribution in [3.05, 3.63) is 66.0 Å². The summed E-state index contributed by atoms with van der Waals surface area (Å²) in [6, 6.07) is 14.7. The van der Waals surface area contributed by atoms with Crippen LogP contribution in [0.3, 0.4) is 0 Å². The van der Waals surface area contributed by atoms with Crippen LogP contribution in [0, 0.1) is 0 Å². The zero-order chi connectivity index (χ0) is 29.1. The molecule has 4 rings (SSSR count). The van der Waals surface area contributed by atoms with Crippen LogP contribution in [-0.4, -0.2) is 75.8 Å². The number of carboxylic acid groups (broad SMARTS) is 2. The minimum absolute atomic E-state index is 0.0179. The van der Waals surface area contributed by atoms with E-state index in [4.69, 9.17) is 29.3 Å². The number of hydrogen-bond donors (Lipinski definition) is 2. The van der Waals surface area contributed by atoms with E-state index in [0.29, 0.717) is 13.2 Å². The normalized spacial score (nSPS) is 21.3. The molecular weight excluding hydrogens is 538 g/mol. The molecule has 14 heteroatoms. The van der Waals surface area contributed by atoms with E-state index in [-0.39, 0.29) is 11.7 Å². The van der Waals surface area contributed by atoms with Crippen molar-refractivity contribution >= 4 is 11.9 Å². The number of rotatable bonds is 5. The van der Waals surface area contributed by atoms with Gasteiger partial charge in [0.1, 0.15) is 0 Å². The van der Waals surface area contributed by atoms with Gasteiger partial charge < -0.3 is 19.7 Å². The number of nitrogens with zero attached hydrogens (tertiary/aromatic N) is 2. The summed E-state index contributed by atoms with van der Waals surface area (Å²) in [6.45, 7) is 4.53. The van der Waals surface area contributed by atoms with Gasteiger partial charge in [-0.25, -0.2) is 9.59 Å². The predicted molar refractivity (Wildman–Crippen MR) is 124 cm³/mol. The smallest absolute Gasteiger partial charge is 0.475 e. The van der Waals surface area contributed by atoms with Gasteiger partial charge in [0.15, 0.2) is 0 Å². The molecule has 216 valence electrons. The molecule has 1 aromatic carbocycles. The second kappa shape index (κ2) is 14.2. The van der Waals surface area contributed by atoms with Gasteiger partial charge in [0, 0.05) is 31.9 Å². The molecule has 0 aliphatic carbocycles. The van der Waals surface area contributed by atoms with Crippen molar-refractivity contribution in [2.75, 3.05) is 19.7 Å². The highest BCUT2D eigenvalue weighted by Crippen LogP contribution is 2.36. The van der Waals surface area contributed by atoms with E-state index in [2.05, 4.69) is 40.2 Å². The van der Waals surface area contributed by atoms with E-state index in [9.17, 15) is 26.3 Å². The summed E-state index contributed by atoms with van der Waals surface area (Å²) in [4.78, 5) is 24.4.